The van der Waals surface area contributed by atoms with Gasteiger partial charge in [0.1, 0.15) is 0 Å². The Kier molecular flexibility index (Phi) is 5.54. The highest BCUT2D eigenvalue weighted by Crippen LogP contribution is 2.38. The van der Waals surface area contributed by atoms with E-state index in [9.17, 15) is 4.79 Å². The van der Waals surface area contributed by atoms with E-state index < -0.39 is 0 Å². The number of benzene rings is 3. The van der Waals surface area contributed by atoms with Crippen LogP contribution in [0.3, 0.4) is 0 Å². The second-order valence-electron chi connectivity index (χ2n) is 6.43. The van der Waals surface area contributed by atoms with E-state index in [2.05, 4.69) is 28.5 Å². The number of carbonyl (C=O) groups is 1. The monoisotopic (exact) mass is 420 g/mol. The summed E-state index contributed by atoms with van der Waals surface area (Å²) in [5.74, 6) is 0.951. The fourth-order valence-corrected chi connectivity index (χ4v) is 3.99. The van der Waals surface area contributed by atoms with Crippen molar-refractivity contribution >= 4 is 33.1 Å². The Morgan fingerprint density at radius 2 is 1.63 bits per heavy atom. The molecule has 0 unspecified atom stereocenters. The minimum absolute atomic E-state index is 0.312. The normalized spacial score (nSPS) is 10.6. The summed E-state index contributed by atoms with van der Waals surface area (Å²) in [7, 11) is 4.54. The molecule has 1 amide bonds. The van der Waals surface area contributed by atoms with Gasteiger partial charge < -0.3 is 14.2 Å². The number of aromatic nitrogens is 1. The zero-order chi connectivity index (χ0) is 21.1. The quantitative estimate of drug-likeness (QED) is 0.462. The van der Waals surface area contributed by atoms with E-state index >= 15 is 0 Å². The summed E-state index contributed by atoms with van der Waals surface area (Å²) < 4.78 is 16.0. The minimum Gasteiger partial charge on any atom is -0.493 e. The molecule has 4 aromatic rings. The van der Waals surface area contributed by atoms with Crippen LogP contribution in [0.5, 0.6) is 17.2 Å². The molecule has 0 radical (unpaired) electrons. The Labute approximate surface area is 178 Å². The van der Waals surface area contributed by atoms with Gasteiger partial charge in [-0.1, -0.05) is 42.5 Å². The predicted octanol–water partition coefficient (Wildman–Crippen LogP) is 5.24. The molecule has 1 N–H and O–H groups in total. The molecule has 6 nitrogen and oxygen atoms in total. The van der Waals surface area contributed by atoms with E-state index in [1.165, 1.54) is 32.7 Å². The number of hydrogen-bond donors (Lipinski definition) is 1. The lowest BCUT2D eigenvalue weighted by Crippen LogP contribution is -2.12. The van der Waals surface area contributed by atoms with Gasteiger partial charge in [0, 0.05) is 16.5 Å². The average molecular weight is 420 g/mol. The van der Waals surface area contributed by atoms with Gasteiger partial charge in [0.2, 0.25) is 5.75 Å². The molecule has 0 spiro atoms. The average Bonchev–Trinajstić information content (AvgIpc) is 3.25. The number of nitrogens with one attached hydrogen (secondary N) is 1. The summed E-state index contributed by atoms with van der Waals surface area (Å²) in [6.07, 6.45) is 0. The maximum absolute atomic E-state index is 12.8. The Morgan fingerprint density at radius 1 is 0.933 bits per heavy atom. The zero-order valence-electron chi connectivity index (χ0n) is 16.8. The van der Waals surface area contributed by atoms with Crippen molar-refractivity contribution in [2.75, 3.05) is 26.6 Å². The first kappa shape index (κ1) is 19.7. The number of anilines is 1. The van der Waals surface area contributed by atoms with Gasteiger partial charge in [-0.05, 0) is 22.9 Å². The lowest BCUT2D eigenvalue weighted by molar-refractivity contribution is 0.102. The summed E-state index contributed by atoms with van der Waals surface area (Å²) in [5.41, 5.74) is 2.22. The van der Waals surface area contributed by atoms with Crippen molar-refractivity contribution in [1.29, 1.82) is 0 Å². The third-order valence-corrected chi connectivity index (χ3v) is 5.47. The molecule has 4 rings (SSSR count). The molecule has 0 aliphatic carbocycles. The maximum atomic E-state index is 12.8. The molecule has 0 saturated carbocycles. The highest BCUT2D eigenvalue weighted by Gasteiger charge is 2.18. The number of nitrogens with zero attached hydrogens (tertiary/aromatic N) is 1. The first-order valence-electron chi connectivity index (χ1n) is 9.19. The molecule has 3 aromatic carbocycles. The number of thiazole rings is 1. The van der Waals surface area contributed by atoms with E-state index in [1.54, 1.807) is 12.1 Å². The molecule has 1 aromatic heterocycles. The van der Waals surface area contributed by atoms with Crippen molar-refractivity contribution in [3.05, 3.63) is 65.5 Å². The molecule has 0 saturated heterocycles. The minimum atomic E-state index is -0.312. The van der Waals surface area contributed by atoms with Gasteiger partial charge in [-0.3, -0.25) is 10.1 Å². The third kappa shape index (κ3) is 3.67. The number of ether oxygens (including phenoxy) is 3. The number of hydrogen-bond acceptors (Lipinski definition) is 6. The topological polar surface area (TPSA) is 69.7 Å². The predicted molar refractivity (Wildman–Crippen MR) is 119 cm³/mol. The highest BCUT2D eigenvalue weighted by molar-refractivity contribution is 7.14. The van der Waals surface area contributed by atoms with Crippen LogP contribution in [0.1, 0.15) is 10.4 Å². The standard InChI is InChI=1S/C23H20N2O4S/c1-27-19-11-15(12-20(28-2)21(19)29-3)22(26)25-23-24-18(13-30-23)17-10-6-8-14-7-4-5-9-16(14)17/h4-13H,1-3H3,(H,24,25,26). The lowest BCUT2D eigenvalue weighted by atomic mass is 10.0. The number of methoxy groups -OCH3 is 3. The summed E-state index contributed by atoms with van der Waals surface area (Å²) in [6.45, 7) is 0. The third-order valence-electron chi connectivity index (χ3n) is 4.72. The van der Waals surface area contributed by atoms with Gasteiger partial charge in [0.25, 0.3) is 5.91 Å². The first-order chi connectivity index (χ1) is 14.6. The first-order valence-corrected chi connectivity index (χ1v) is 10.1. The van der Waals surface area contributed by atoms with E-state index in [4.69, 9.17) is 14.2 Å². The summed E-state index contributed by atoms with van der Waals surface area (Å²) >= 11 is 1.37. The molecule has 1 heterocycles. The molecule has 0 fully saturated rings. The van der Waals surface area contributed by atoms with Crippen LogP contribution >= 0.6 is 11.3 Å². The summed E-state index contributed by atoms with van der Waals surface area (Å²) in [5, 5.41) is 7.56. The van der Waals surface area contributed by atoms with Crippen LogP contribution in [0, 0.1) is 0 Å². The SMILES string of the molecule is COc1cc(C(=O)Nc2nc(-c3cccc4ccccc34)cs2)cc(OC)c1OC. The van der Waals surface area contributed by atoms with Crippen LogP contribution in [-0.2, 0) is 0 Å². The number of carbonyl (C=O) groups excluding carboxylic acids is 1. The fourth-order valence-electron chi connectivity index (χ4n) is 3.29. The van der Waals surface area contributed by atoms with E-state index in [-0.39, 0.29) is 5.91 Å². The van der Waals surface area contributed by atoms with Crippen molar-refractivity contribution in [3.63, 3.8) is 0 Å². The van der Waals surface area contributed by atoms with Crippen LogP contribution in [0.25, 0.3) is 22.0 Å². The zero-order valence-corrected chi connectivity index (χ0v) is 17.6. The maximum Gasteiger partial charge on any atom is 0.257 e. The summed E-state index contributed by atoms with van der Waals surface area (Å²) in [6, 6.07) is 17.5. The van der Waals surface area contributed by atoms with Crippen LogP contribution < -0.4 is 19.5 Å². The van der Waals surface area contributed by atoms with E-state index in [1.807, 2.05) is 29.6 Å². The fraction of sp³-hybridized carbons (Fsp3) is 0.130. The van der Waals surface area contributed by atoms with Crippen molar-refractivity contribution in [2.45, 2.75) is 0 Å². The smallest absolute Gasteiger partial charge is 0.257 e. The molecular weight excluding hydrogens is 400 g/mol. The Bertz CT molecular complexity index is 1190. The number of rotatable bonds is 6. The van der Waals surface area contributed by atoms with E-state index in [0.29, 0.717) is 27.9 Å². The Hall–Kier alpha value is -3.58. The molecule has 0 aliphatic heterocycles. The van der Waals surface area contributed by atoms with Crippen molar-refractivity contribution in [3.8, 4) is 28.5 Å². The molecule has 0 aliphatic rings. The number of amides is 1. The molecule has 7 heteroatoms. The van der Waals surface area contributed by atoms with Crippen LogP contribution in [0.4, 0.5) is 5.13 Å². The van der Waals surface area contributed by atoms with Gasteiger partial charge in [0.15, 0.2) is 16.6 Å². The molecule has 0 atom stereocenters. The molecular formula is C23H20N2O4S. The molecule has 30 heavy (non-hydrogen) atoms. The summed E-state index contributed by atoms with van der Waals surface area (Å²) in [4.78, 5) is 17.4. The van der Waals surface area contributed by atoms with Gasteiger partial charge in [-0.25, -0.2) is 4.98 Å². The second kappa shape index (κ2) is 8.42. The second-order valence-corrected chi connectivity index (χ2v) is 7.29. The van der Waals surface area contributed by atoms with Gasteiger partial charge in [0.05, 0.1) is 27.0 Å². The van der Waals surface area contributed by atoms with Crippen LogP contribution in [-0.4, -0.2) is 32.2 Å². The van der Waals surface area contributed by atoms with Gasteiger partial charge in [-0.15, -0.1) is 11.3 Å². The van der Waals surface area contributed by atoms with Gasteiger partial charge >= 0.3 is 0 Å². The van der Waals surface area contributed by atoms with Crippen molar-refractivity contribution in [1.82, 2.24) is 4.98 Å². The van der Waals surface area contributed by atoms with Crippen molar-refractivity contribution < 1.29 is 19.0 Å². The van der Waals surface area contributed by atoms with Crippen LogP contribution in [0.2, 0.25) is 0 Å². The van der Waals surface area contributed by atoms with Crippen LogP contribution in [0.15, 0.2) is 60.0 Å². The molecule has 0 bridgehead atoms. The van der Waals surface area contributed by atoms with E-state index in [0.717, 1.165) is 22.0 Å². The Morgan fingerprint density at radius 3 is 2.33 bits per heavy atom. The largest absolute Gasteiger partial charge is 0.493 e. The highest BCUT2D eigenvalue weighted by atomic mass is 32.1. The number of fused-ring (bicyclic) bond motifs is 1. The molecule has 152 valence electrons. The van der Waals surface area contributed by atoms with Gasteiger partial charge in [-0.2, -0.15) is 0 Å². The Balaban J connectivity index is 1.62. The lowest BCUT2D eigenvalue weighted by Gasteiger charge is -2.13. The van der Waals surface area contributed by atoms with Crippen molar-refractivity contribution in [2.24, 2.45) is 0 Å².